The van der Waals surface area contributed by atoms with E-state index in [-0.39, 0.29) is 18.7 Å². The van der Waals surface area contributed by atoms with Crippen LogP contribution in [0.3, 0.4) is 0 Å². The first-order chi connectivity index (χ1) is 16.0. The van der Waals surface area contributed by atoms with Crippen LogP contribution < -0.4 is 25.6 Å². The Kier molecular flexibility index (Phi) is 11.3. The van der Waals surface area contributed by atoms with E-state index in [2.05, 4.69) is 23.1 Å². The van der Waals surface area contributed by atoms with E-state index < -0.39 is 11.8 Å². The third-order valence-electron chi connectivity index (χ3n) is 4.73. The predicted octanol–water partition coefficient (Wildman–Crippen LogP) is 4.22. The lowest BCUT2D eigenvalue weighted by atomic mass is 10.2. The van der Waals surface area contributed by atoms with Crippen molar-refractivity contribution in [2.45, 2.75) is 52.4 Å². The molecule has 0 saturated carbocycles. The Bertz CT molecular complexity index is 882. The van der Waals surface area contributed by atoms with Gasteiger partial charge in [-0.25, -0.2) is 0 Å². The molecule has 0 heterocycles. The highest BCUT2D eigenvalue weighted by Gasteiger charge is 2.10. The number of unbranched alkanes of at least 4 members (excludes halogenated alkanes) is 3. The molecular weight excluding hydrogens is 422 g/mol. The summed E-state index contributed by atoms with van der Waals surface area (Å²) in [6, 6.07) is 13.7. The third-order valence-corrected chi connectivity index (χ3v) is 4.73. The molecule has 0 saturated heterocycles. The summed E-state index contributed by atoms with van der Waals surface area (Å²) in [4.78, 5) is 36.2. The van der Waals surface area contributed by atoms with Crippen molar-refractivity contribution in [2.75, 3.05) is 18.5 Å². The molecule has 8 nitrogen and oxygen atoms in total. The number of hydrogen-bond donors (Lipinski definition) is 3. The minimum absolute atomic E-state index is 0.0147. The number of carbonyl (C=O) groups excluding carboxylic acids is 3. The van der Waals surface area contributed by atoms with Gasteiger partial charge in [0, 0.05) is 24.1 Å². The summed E-state index contributed by atoms with van der Waals surface area (Å²) in [6.07, 6.45) is 4.44. The van der Waals surface area contributed by atoms with Crippen molar-refractivity contribution in [3.8, 4) is 11.5 Å². The van der Waals surface area contributed by atoms with Crippen molar-refractivity contribution in [3.05, 3.63) is 54.1 Å². The van der Waals surface area contributed by atoms with Crippen LogP contribution in [0.25, 0.3) is 0 Å². The third kappa shape index (κ3) is 10.1. The SMILES string of the molecule is CCCCCCOc1ccc(C(=O)NNC(=O)CCC(=O)Nc2ccc(OCC)cc2)cc1. The lowest BCUT2D eigenvalue weighted by molar-refractivity contribution is -0.124. The van der Waals surface area contributed by atoms with Crippen LogP contribution >= 0.6 is 0 Å². The first-order valence-corrected chi connectivity index (χ1v) is 11.4. The van der Waals surface area contributed by atoms with E-state index in [0.29, 0.717) is 30.2 Å². The van der Waals surface area contributed by atoms with Crippen LogP contribution in [0.2, 0.25) is 0 Å². The number of benzene rings is 2. The van der Waals surface area contributed by atoms with E-state index in [0.717, 1.165) is 18.6 Å². The molecule has 2 rings (SSSR count). The summed E-state index contributed by atoms with van der Waals surface area (Å²) in [5.74, 6) is 0.209. The summed E-state index contributed by atoms with van der Waals surface area (Å²) in [5, 5.41) is 2.71. The zero-order valence-electron chi connectivity index (χ0n) is 19.3. The fraction of sp³-hybridized carbons (Fsp3) is 0.400. The Hall–Kier alpha value is -3.55. The van der Waals surface area contributed by atoms with Gasteiger partial charge >= 0.3 is 0 Å². The van der Waals surface area contributed by atoms with E-state index in [4.69, 9.17) is 9.47 Å². The van der Waals surface area contributed by atoms with Gasteiger partial charge in [0.15, 0.2) is 0 Å². The maximum atomic E-state index is 12.2. The van der Waals surface area contributed by atoms with Crippen LogP contribution in [0.4, 0.5) is 5.69 Å². The van der Waals surface area contributed by atoms with Gasteiger partial charge in [0.05, 0.1) is 13.2 Å². The smallest absolute Gasteiger partial charge is 0.269 e. The Balaban J connectivity index is 1.65. The zero-order chi connectivity index (χ0) is 23.9. The Morgan fingerprint density at radius 3 is 2.03 bits per heavy atom. The Labute approximate surface area is 195 Å². The van der Waals surface area contributed by atoms with Crippen LogP contribution in [0.5, 0.6) is 11.5 Å². The van der Waals surface area contributed by atoms with Crippen LogP contribution in [0.15, 0.2) is 48.5 Å². The van der Waals surface area contributed by atoms with Gasteiger partial charge in [0.2, 0.25) is 11.8 Å². The van der Waals surface area contributed by atoms with Gasteiger partial charge in [-0.05, 0) is 61.9 Å². The largest absolute Gasteiger partial charge is 0.494 e. The molecule has 0 aliphatic carbocycles. The molecule has 0 spiro atoms. The molecule has 33 heavy (non-hydrogen) atoms. The second-order valence-corrected chi connectivity index (χ2v) is 7.44. The van der Waals surface area contributed by atoms with Crippen molar-refractivity contribution < 1.29 is 23.9 Å². The fourth-order valence-electron chi connectivity index (χ4n) is 2.93. The van der Waals surface area contributed by atoms with Gasteiger partial charge in [-0.3, -0.25) is 25.2 Å². The molecule has 2 aromatic carbocycles. The van der Waals surface area contributed by atoms with Gasteiger partial charge in [-0.2, -0.15) is 0 Å². The maximum absolute atomic E-state index is 12.2. The summed E-state index contributed by atoms with van der Waals surface area (Å²) in [5.41, 5.74) is 5.68. The molecule has 8 heteroatoms. The molecule has 0 fully saturated rings. The van der Waals surface area contributed by atoms with E-state index in [1.807, 2.05) is 6.92 Å². The number of carbonyl (C=O) groups is 3. The van der Waals surface area contributed by atoms with E-state index in [1.54, 1.807) is 48.5 Å². The normalized spacial score (nSPS) is 10.2. The summed E-state index contributed by atoms with van der Waals surface area (Å²) >= 11 is 0. The number of rotatable bonds is 13. The van der Waals surface area contributed by atoms with Gasteiger partial charge in [0.25, 0.3) is 5.91 Å². The maximum Gasteiger partial charge on any atom is 0.269 e. The molecule has 0 aliphatic heterocycles. The van der Waals surface area contributed by atoms with Crippen LogP contribution in [0, 0.1) is 0 Å². The van der Waals surface area contributed by atoms with Crippen molar-refractivity contribution in [3.63, 3.8) is 0 Å². The highest BCUT2D eigenvalue weighted by Crippen LogP contribution is 2.16. The molecule has 0 bridgehead atoms. The molecular formula is C25H33N3O5. The number of hydrogen-bond acceptors (Lipinski definition) is 5. The first kappa shape index (κ1) is 25.7. The minimum atomic E-state index is -0.461. The van der Waals surface area contributed by atoms with E-state index >= 15 is 0 Å². The molecule has 3 amide bonds. The summed E-state index contributed by atoms with van der Waals surface area (Å²) in [6.45, 7) is 5.27. The topological polar surface area (TPSA) is 106 Å². The average molecular weight is 456 g/mol. The molecule has 0 unspecified atom stereocenters. The standard InChI is InChI=1S/C25H33N3O5/c1-3-5-6-7-18-33-22-12-8-19(9-13-22)25(31)28-27-24(30)17-16-23(29)26-20-10-14-21(15-11-20)32-4-2/h8-15H,3-7,16-18H2,1-2H3,(H,26,29)(H,27,30)(H,28,31). The van der Waals surface area contributed by atoms with Crippen LogP contribution in [-0.2, 0) is 9.59 Å². The lowest BCUT2D eigenvalue weighted by Crippen LogP contribution is -2.41. The summed E-state index contributed by atoms with van der Waals surface area (Å²) in [7, 11) is 0. The van der Waals surface area contributed by atoms with E-state index in [1.165, 1.54) is 12.8 Å². The van der Waals surface area contributed by atoms with Gasteiger partial charge in [-0.15, -0.1) is 0 Å². The highest BCUT2D eigenvalue weighted by molar-refractivity contribution is 5.96. The molecule has 2 aromatic rings. The number of nitrogens with one attached hydrogen (secondary N) is 3. The molecule has 0 aliphatic rings. The quantitative estimate of drug-likeness (QED) is 0.310. The van der Waals surface area contributed by atoms with Crippen molar-refractivity contribution in [2.24, 2.45) is 0 Å². The highest BCUT2D eigenvalue weighted by atomic mass is 16.5. The lowest BCUT2D eigenvalue weighted by Gasteiger charge is -2.09. The van der Waals surface area contributed by atoms with Crippen molar-refractivity contribution in [1.82, 2.24) is 10.9 Å². The minimum Gasteiger partial charge on any atom is -0.494 e. The molecule has 0 aromatic heterocycles. The number of anilines is 1. The average Bonchev–Trinajstić information content (AvgIpc) is 2.83. The molecule has 0 atom stereocenters. The Morgan fingerprint density at radius 1 is 0.727 bits per heavy atom. The second-order valence-electron chi connectivity index (χ2n) is 7.44. The first-order valence-electron chi connectivity index (χ1n) is 11.4. The Morgan fingerprint density at radius 2 is 1.36 bits per heavy atom. The second kappa shape index (κ2) is 14.5. The number of ether oxygens (including phenoxy) is 2. The predicted molar refractivity (Wildman–Crippen MR) is 127 cm³/mol. The van der Waals surface area contributed by atoms with Crippen molar-refractivity contribution >= 4 is 23.4 Å². The van der Waals surface area contributed by atoms with Gasteiger partial charge in [0.1, 0.15) is 11.5 Å². The van der Waals surface area contributed by atoms with E-state index in [9.17, 15) is 14.4 Å². The molecule has 178 valence electrons. The fourth-order valence-corrected chi connectivity index (χ4v) is 2.93. The summed E-state index contributed by atoms with van der Waals surface area (Å²) < 4.78 is 11.0. The van der Waals surface area contributed by atoms with Crippen molar-refractivity contribution in [1.29, 1.82) is 0 Å². The number of amides is 3. The zero-order valence-corrected chi connectivity index (χ0v) is 19.3. The molecule has 0 radical (unpaired) electrons. The molecule has 3 N–H and O–H groups in total. The van der Waals surface area contributed by atoms with Crippen LogP contribution in [-0.4, -0.2) is 30.9 Å². The van der Waals surface area contributed by atoms with Gasteiger partial charge in [-0.1, -0.05) is 26.2 Å². The monoisotopic (exact) mass is 455 g/mol. The number of hydrazine groups is 1. The van der Waals surface area contributed by atoms with Gasteiger partial charge < -0.3 is 14.8 Å². The van der Waals surface area contributed by atoms with Crippen LogP contribution in [0.1, 0.15) is 62.7 Å².